The van der Waals surface area contributed by atoms with Gasteiger partial charge in [-0.05, 0) is 35.7 Å². The third kappa shape index (κ3) is 4.11. The van der Waals surface area contributed by atoms with Crippen LogP contribution in [0.3, 0.4) is 0 Å². The van der Waals surface area contributed by atoms with Gasteiger partial charge in [-0.3, -0.25) is 4.79 Å². The fourth-order valence-corrected chi connectivity index (χ4v) is 2.04. The van der Waals surface area contributed by atoms with E-state index in [-0.39, 0.29) is 5.91 Å². The highest BCUT2D eigenvalue weighted by atomic mass is 35.5. The highest BCUT2D eigenvalue weighted by Crippen LogP contribution is 2.15. The van der Waals surface area contributed by atoms with Crippen molar-refractivity contribution in [1.82, 2.24) is 0 Å². The molecular weight excluding hydrogens is 258 g/mol. The van der Waals surface area contributed by atoms with Crippen molar-refractivity contribution in [2.24, 2.45) is 0 Å². The van der Waals surface area contributed by atoms with Crippen molar-refractivity contribution < 1.29 is 4.79 Å². The summed E-state index contributed by atoms with van der Waals surface area (Å²) in [4.78, 5) is 11.9. The molecule has 2 aromatic rings. The smallest absolute Gasteiger partial charge is 0.228 e. The minimum atomic E-state index is -0.0356. The second kappa shape index (κ2) is 6.39. The number of rotatable bonds is 4. The third-order valence-corrected chi connectivity index (χ3v) is 3.14. The number of hydrogen-bond acceptors (Lipinski definition) is 1. The van der Waals surface area contributed by atoms with Gasteiger partial charge in [0, 0.05) is 10.7 Å². The molecule has 19 heavy (non-hydrogen) atoms. The first-order chi connectivity index (χ1) is 9.17. The van der Waals surface area contributed by atoms with Gasteiger partial charge in [-0.25, -0.2) is 0 Å². The lowest BCUT2D eigenvalue weighted by molar-refractivity contribution is -0.115. The van der Waals surface area contributed by atoms with Gasteiger partial charge in [0.25, 0.3) is 0 Å². The highest BCUT2D eigenvalue weighted by molar-refractivity contribution is 6.30. The van der Waals surface area contributed by atoms with Crippen LogP contribution in [0.15, 0.2) is 48.5 Å². The number of halogens is 1. The lowest BCUT2D eigenvalue weighted by Gasteiger charge is -2.06. The maximum Gasteiger partial charge on any atom is 0.228 e. The Labute approximate surface area is 118 Å². The summed E-state index contributed by atoms with van der Waals surface area (Å²) < 4.78 is 0. The van der Waals surface area contributed by atoms with Crippen molar-refractivity contribution in [3.05, 3.63) is 64.7 Å². The van der Waals surface area contributed by atoms with E-state index in [9.17, 15) is 4.79 Å². The number of carbonyl (C=O) groups excluding carboxylic acids is 1. The summed E-state index contributed by atoms with van der Waals surface area (Å²) in [5.41, 5.74) is 3.01. The van der Waals surface area contributed by atoms with E-state index in [2.05, 4.69) is 24.4 Å². The van der Waals surface area contributed by atoms with Gasteiger partial charge in [-0.15, -0.1) is 0 Å². The average molecular weight is 274 g/mol. The predicted molar refractivity (Wildman–Crippen MR) is 79.6 cm³/mol. The van der Waals surface area contributed by atoms with Crippen molar-refractivity contribution in [2.75, 3.05) is 5.32 Å². The molecule has 0 aliphatic heterocycles. The number of hydrogen-bond donors (Lipinski definition) is 1. The number of carbonyl (C=O) groups is 1. The highest BCUT2D eigenvalue weighted by Gasteiger charge is 2.04. The molecule has 1 N–H and O–H groups in total. The summed E-state index contributed by atoms with van der Waals surface area (Å²) in [5, 5.41) is 3.45. The number of nitrogens with one attached hydrogen (secondary N) is 1. The summed E-state index contributed by atoms with van der Waals surface area (Å²) in [7, 11) is 0. The predicted octanol–water partition coefficient (Wildman–Crippen LogP) is 4.08. The lowest BCUT2D eigenvalue weighted by Crippen LogP contribution is -2.14. The van der Waals surface area contributed by atoms with Crippen LogP contribution in [-0.2, 0) is 17.6 Å². The Morgan fingerprint density at radius 1 is 1.11 bits per heavy atom. The number of anilines is 1. The zero-order valence-corrected chi connectivity index (χ0v) is 11.6. The van der Waals surface area contributed by atoms with Gasteiger partial charge in [0.1, 0.15) is 0 Å². The maximum atomic E-state index is 11.9. The minimum absolute atomic E-state index is 0.0356. The first-order valence-electron chi connectivity index (χ1n) is 6.30. The first kappa shape index (κ1) is 13.6. The largest absolute Gasteiger partial charge is 0.326 e. The van der Waals surface area contributed by atoms with Crippen molar-refractivity contribution in [3.63, 3.8) is 0 Å². The van der Waals surface area contributed by atoms with Gasteiger partial charge in [0.2, 0.25) is 5.91 Å². The van der Waals surface area contributed by atoms with E-state index in [0.29, 0.717) is 11.4 Å². The van der Waals surface area contributed by atoms with Crippen LogP contribution in [0.25, 0.3) is 0 Å². The van der Waals surface area contributed by atoms with Gasteiger partial charge < -0.3 is 5.32 Å². The fourth-order valence-electron chi connectivity index (χ4n) is 1.85. The number of benzene rings is 2. The topological polar surface area (TPSA) is 29.1 Å². The molecule has 0 unspecified atom stereocenters. The van der Waals surface area contributed by atoms with Crippen LogP contribution in [0.4, 0.5) is 5.69 Å². The Morgan fingerprint density at radius 3 is 2.42 bits per heavy atom. The molecule has 0 fully saturated rings. The number of aryl methyl sites for hydroxylation is 1. The molecule has 0 spiro atoms. The third-order valence-electron chi connectivity index (χ3n) is 2.90. The van der Waals surface area contributed by atoms with E-state index in [0.717, 1.165) is 17.7 Å². The second-order valence-corrected chi connectivity index (χ2v) is 4.84. The maximum absolute atomic E-state index is 11.9. The molecule has 0 radical (unpaired) electrons. The molecule has 3 heteroatoms. The van der Waals surface area contributed by atoms with Gasteiger partial charge >= 0.3 is 0 Å². The molecule has 2 rings (SSSR count). The van der Waals surface area contributed by atoms with Gasteiger partial charge in [-0.2, -0.15) is 0 Å². The minimum Gasteiger partial charge on any atom is -0.326 e. The van der Waals surface area contributed by atoms with E-state index < -0.39 is 0 Å². The van der Waals surface area contributed by atoms with Crippen LogP contribution in [0.5, 0.6) is 0 Å². The molecule has 98 valence electrons. The van der Waals surface area contributed by atoms with E-state index in [1.807, 2.05) is 24.3 Å². The zero-order valence-electron chi connectivity index (χ0n) is 10.8. The van der Waals surface area contributed by atoms with Crippen LogP contribution >= 0.6 is 11.6 Å². The average Bonchev–Trinajstić information content (AvgIpc) is 2.39. The molecule has 0 aliphatic carbocycles. The second-order valence-electron chi connectivity index (χ2n) is 4.41. The van der Waals surface area contributed by atoms with Crippen LogP contribution in [-0.4, -0.2) is 5.91 Å². The van der Waals surface area contributed by atoms with Crippen molar-refractivity contribution in [2.45, 2.75) is 19.8 Å². The Hall–Kier alpha value is -1.80. The molecular formula is C16H16ClNO. The van der Waals surface area contributed by atoms with E-state index in [1.54, 1.807) is 12.1 Å². The lowest BCUT2D eigenvalue weighted by atomic mass is 10.1. The Morgan fingerprint density at radius 2 is 1.79 bits per heavy atom. The van der Waals surface area contributed by atoms with Gasteiger partial charge in [0.15, 0.2) is 0 Å². The molecule has 0 aromatic heterocycles. The van der Waals surface area contributed by atoms with Crippen molar-refractivity contribution >= 4 is 23.2 Å². The summed E-state index contributed by atoms with van der Waals surface area (Å²) in [6.07, 6.45) is 1.38. The normalized spacial score (nSPS) is 10.2. The quantitative estimate of drug-likeness (QED) is 0.893. The van der Waals surface area contributed by atoms with Gasteiger partial charge in [0.05, 0.1) is 6.42 Å². The zero-order chi connectivity index (χ0) is 13.7. The summed E-state index contributed by atoms with van der Waals surface area (Å²) in [5.74, 6) is -0.0356. The van der Waals surface area contributed by atoms with Crippen molar-refractivity contribution in [1.29, 1.82) is 0 Å². The standard InChI is InChI=1S/C16H16ClNO/c1-2-12-6-8-13(9-7-12)10-16(19)18-15-5-3-4-14(17)11-15/h3-9,11H,2,10H2,1H3,(H,18,19). The molecule has 2 aromatic carbocycles. The van der Waals surface area contributed by atoms with Crippen LogP contribution in [0.1, 0.15) is 18.1 Å². The van der Waals surface area contributed by atoms with Gasteiger partial charge in [-0.1, -0.05) is 48.9 Å². The SMILES string of the molecule is CCc1ccc(CC(=O)Nc2cccc(Cl)c2)cc1. The summed E-state index contributed by atoms with van der Waals surface area (Å²) in [6.45, 7) is 2.11. The first-order valence-corrected chi connectivity index (χ1v) is 6.68. The molecule has 1 amide bonds. The van der Waals surface area contributed by atoms with E-state index in [4.69, 9.17) is 11.6 Å². The van der Waals surface area contributed by atoms with E-state index in [1.165, 1.54) is 5.56 Å². The van der Waals surface area contributed by atoms with Crippen LogP contribution in [0.2, 0.25) is 5.02 Å². The van der Waals surface area contributed by atoms with Crippen molar-refractivity contribution in [3.8, 4) is 0 Å². The Balaban J connectivity index is 1.97. The molecule has 0 bridgehead atoms. The Kier molecular flexibility index (Phi) is 4.58. The molecule has 0 heterocycles. The monoisotopic (exact) mass is 273 g/mol. The Bertz CT molecular complexity index is 563. The molecule has 0 saturated carbocycles. The van der Waals surface area contributed by atoms with E-state index >= 15 is 0 Å². The molecule has 0 aliphatic rings. The molecule has 2 nitrogen and oxygen atoms in total. The fraction of sp³-hybridized carbons (Fsp3) is 0.188. The summed E-state index contributed by atoms with van der Waals surface area (Å²) in [6, 6.07) is 15.3. The van der Waals surface area contributed by atoms with Crippen LogP contribution in [0, 0.1) is 0 Å². The molecule has 0 saturated heterocycles. The number of amides is 1. The summed E-state index contributed by atoms with van der Waals surface area (Å²) >= 11 is 5.87. The molecule has 0 atom stereocenters. The van der Waals surface area contributed by atoms with Crippen LogP contribution < -0.4 is 5.32 Å².